The van der Waals surface area contributed by atoms with Crippen LogP contribution in [0.3, 0.4) is 0 Å². The minimum absolute atomic E-state index is 0.190. The van der Waals surface area contributed by atoms with Crippen LogP contribution in [0.4, 0.5) is 4.39 Å². The normalized spacial score (nSPS) is 10.6. The summed E-state index contributed by atoms with van der Waals surface area (Å²) < 4.78 is 20.9. The van der Waals surface area contributed by atoms with E-state index in [4.69, 9.17) is 4.74 Å². The van der Waals surface area contributed by atoms with Crippen LogP contribution in [0.1, 0.15) is 11.1 Å². The molecule has 0 fully saturated rings. The molecule has 1 N–H and O–H groups in total. The molecule has 0 aliphatic carbocycles. The molecule has 20 heavy (non-hydrogen) atoms. The van der Waals surface area contributed by atoms with Crippen LogP contribution < -0.4 is 10.1 Å². The van der Waals surface area contributed by atoms with Gasteiger partial charge >= 0.3 is 0 Å². The molecule has 106 valence electrons. The zero-order valence-electron chi connectivity index (χ0n) is 10.9. The summed E-state index contributed by atoms with van der Waals surface area (Å²) in [4.78, 5) is 0. The van der Waals surface area contributed by atoms with Gasteiger partial charge in [-0.2, -0.15) is 0 Å². The second-order valence-corrected chi connectivity index (χ2v) is 6.01. The van der Waals surface area contributed by atoms with Crippen molar-refractivity contribution in [1.82, 2.24) is 5.32 Å². The number of halogens is 3. The molecule has 0 radical (unpaired) electrons. The Hall–Kier alpha value is -0.910. The van der Waals surface area contributed by atoms with Crippen molar-refractivity contribution in [3.63, 3.8) is 0 Å². The van der Waals surface area contributed by atoms with Crippen molar-refractivity contribution in [3.8, 4) is 5.75 Å². The van der Waals surface area contributed by atoms with Crippen LogP contribution in [0.5, 0.6) is 5.75 Å². The topological polar surface area (TPSA) is 21.3 Å². The molecular weight excluding hydrogens is 389 g/mol. The van der Waals surface area contributed by atoms with Gasteiger partial charge in [0, 0.05) is 12.1 Å². The van der Waals surface area contributed by atoms with Crippen molar-refractivity contribution >= 4 is 31.9 Å². The minimum atomic E-state index is -0.258. The quantitative estimate of drug-likeness (QED) is 0.785. The Balaban J connectivity index is 2.16. The molecule has 5 heteroatoms. The van der Waals surface area contributed by atoms with Gasteiger partial charge in [-0.1, -0.05) is 18.2 Å². The van der Waals surface area contributed by atoms with Gasteiger partial charge < -0.3 is 10.1 Å². The Bertz CT molecular complexity index is 581. The first kappa shape index (κ1) is 15.5. The summed E-state index contributed by atoms with van der Waals surface area (Å²) in [5.41, 5.74) is 1.66. The zero-order chi connectivity index (χ0) is 14.5. The average Bonchev–Trinajstić information content (AvgIpc) is 2.40. The average molecular weight is 403 g/mol. The Morgan fingerprint density at radius 3 is 2.40 bits per heavy atom. The Morgan fingerprint density at radius 1 is 1.15 bits per heavy atom. The van der Waals surface area contributed by atoms with Crippen molar-refractivity contribution in [2.45, 2.75) is 13.2 Å². The Morgan fingerprint density at radius 2 is 1.80 bits per heavy atom. The SMILES string of the molecule is CNCc1cc(Br)c(OCc2ccccc2F)c(Br)c1. The highest BCUT2D eigenvalue weighted by Gasteiger charge is 2.10. The molecule has 0 amide bonds. The molecule has 0 aromatic heterocycles. The van der Waals surface area contributed by atoms with E-state index in [0.29, 0.717) is 11.3 Å². The largest absolute Gasteiger partial charge is 0.486 e. The van der Waals surface area contributed by atoms with Gasteiger partial charge in [0.1, 0.15) is 18.2 Å². The molecule has 0 unspecified atom stereocenters. The lowest BCUT2D eigenvalue weighted by atomic mass is 10.2. The van der Waals surface area contributed by atoms with E-state index >= 15 is 0 Å². The summed E-state index contributed by atoms with van der Waals surface area (Å²) in [5.74, 6) is 0.416. The standard InChI is InChI=1S/C15H14Br2FNO/c1-19-8-10-6-12(16)15(13(17)7-10)20-9-11-4-2-3-5-14(11)18/h2-7,19H,8-9H2,1H3. The van der Waals surface area contributed by atoms with E-state index < -0.39 is 0 Å². The monoisotopic (exact) mass is 401 g/mol. The Labute approximate surface area is 134 Å². The number of nitrogens with one attached hydrogen (secondary N) is 1. The molecule has 0 saturated carbocycles. The fourth-order valence-electron chi connectivity index (χ4n) is 1.82. The van der Waals surface area contributed by atoms with Gasteiger partial charge in [0.15, 0.2) is 0 Å². The van der Waals surface area contributed by atoms with E-state index in [1.807, 2.05) is 19.2 Å². The third kappa shape index (κ3) is 3.81. The van der Waals surface area contributed by atoms with Crippen LogP contribution in [0.25, 0.3) is 0 Å². The molecule has 2 rings (SSSR count). The van der Waals surface area contributed by atoms with Crippen LogP contribution in [-0.2, 0) is 13.2 Å². The highest BCUT2D eigenvalue weighted by atomic mass is 79.9. The van der Waals surface area contributed by atoms with Gasteiger partial charge in [0.25, 0.3) is 0 Å². The third-order valence-electron chi connectivity index (χ3n) is 2.77. The lowest BCUT2D eigenvalue weighted by Crippen LogP contribution is -2.06. The van der Waals surface area contributed by atoms with Gasteiger partial charge in [-0.15, -0.1) is 0 Å². The predicted octanol–water partition coefficient (Wildman–Crippen LogP) is 4.65. The van der Waals surface area contributed by atoms with Crippen LogP contribution in [0, 0.1) is 5.82 Å². The number of hydrogen-bond donors (Lipinski definition) is 1. The summed E-state index contributed by atoms with van der Waals surface area (Å²) in [6.45, 7) is 0.958. The van der Waals surface area contributed by atoms with Crippen molar-refractivity contribution < 1.29 is 9.13 Å². The van der Waals surface area contributed by atoms with Crippen LogP contribution in [0.2, 0.25) is 0 Å². The number of rotatable bonds is 5. The van der Waals surface area contributed by atoms with Gasteiger partial charge in [-0.3, -0.25) is 0 Å². The van der Waals surface area contributed by atoms with E-state index in [1.54, 1.807) is 18.2 Å². The van der Waals surface area contributed by atoms with Crippen molar-refractivity contribution in [3.05, 3.63) is 62.3 Å². The molecule has 2 aromatic rings. The molecule has 2 aromatic carbocycles. The molecule has 0 heterocycles. The predicted molar refractivity (Wildman–Crippen MR) is 85.3 cm³/mol. The van der Waals surface area contributed by atoms with Crippen LogP contribution >= 0.6 is 31.9 Å². The van der Waals surface area contributed by atoms with Gasteiger partial charge in [-0.05, 0) is 62.7 Å². The number of benzene rings is 2. The van der Waals surface area contributed by atoms with Crippen LogP contribution in [0.15, 0.2) is 45.3 Å². The maximum Gasteiger partial charge on any atom is 0.148 e. The summed E-state index contributed by atoms with van der Waals surface area (Å²) in [7, 11) is 1.89. The summed E-state index contributed by atoms with van der Waals surface area (Å²) in [6, 6.07) is 10.6. The van der Waals surface area contributed by atoms with E-state index in [1.165, 1.54) is 6.07 Å². The molecule has 2 nitrogen and oxygen atoms in total. The van der Waals surface area contributed by atoms with E-state index in [2.05, 4.69) is 37.2 Å². The Kier molecular flexibility index (Phi) is 5.57. The molecule has 0 aliphatic rings. The lowest BCUT2D eigenvalue weighted by molar-refractivity contribution is 0.296. The van der Waals surface area contributed by atoms with Crippen molar-refractivity contribution in [1.29, 1.82) is 0 Å². The minimum Gasteiger partial charge on any atom is -0.486 e. The second kappa shape index (κ2) is 7.20. The van der Waals surface area contributed by atoms with Crippen LogP contribution in [-0.4, -0.2) is 7.05 Å². The fourth-order valence-corrected chi connectivity index (χ4v) is 3.33. The summed E-state index contributed by atoms with van der Waals surface area (Å²) >= 11 is 6.97. The smallest absolute Gasteiger partial charge is 0.148 e. The molecule has 0 bridgehead atoms. The molecule has 0 spiro atoms. The first-order chi connectivity index (χ1) is 9.61. The fraction of sp³-hybridized carbons (Fsp3) is 0.200. The maximum absolute atomic E-state index is 13.5. The highest BCUT2D eigenvalue weighted by Crippen LogP contribution is 2.35. The maximum atomic E-state index is 13.5. The summed E-state index contributed by atoms with van der Waals surface area (Å²) in [5, 5.41) is 3.09. The highest BCUT2D eigenvalue weighted by molar-refractivity contribution is 9.11. The van der Waals surface area contributed by atoms with E-state index in [0.717, 1.165) is 21.1 Å². The second-order valence-electron chi connectivity index (χ2n) is 4.30. The molecule has 0 saturated heterocycles. The summed E-state index contributed by atoms with van der Waals surface area (Å²) in [6.07, 6.45) is 0. The van der Waals surface area contributed by atoms with Gasteiger partial charge in [0.05, 0.1) is 8.95 Å². The third-order valence-corrected chi connectivity index (χ3v) is 3.95. The first-order valence-corrected chi connectivity index (χ1v) is 7.69. The number of ether oxygens (including phenoxy) is 1. The number of hydrogen-bond acceptors (Lipinski definition) is 2. The first-order valence-electron chi connectivity index (χ1n) is 6.10. The van der Waals surface area contributed by atoms with Gasteiger partial charge in [-0.25, -0.2) is 4.39 Å². The molecule has 0 aliphatic heterocycles. The van der Waals surface area contributed by atoms with E-state index in [9.17, 15) is 4.39 Å². The van der Waals surface area contributed by atoms with E-state index in [-0.39, 0.29) is 12.4 Å². The zero-order valence-corrected chi connectivity index (χ0v) is 14.1. The van der Waals surface area contributed by atoms with Gasteiger partial charge in [0.2, 0.25) is 0 Å². The van der Waals surface area contributed by atoms with Crippen molar-refractivity contribution in [2.75, 3.05) is 7.05 Å². The molecule has 0 atom stereocenters. The lowest BCUT2D eigenvalue weighted by Gasteiger charge is -2.12. The van der Waals surface area contributed by atoms with Crippen molar-refractivity contribution in [2.24, 2.45) is 0 Å². The molecular formula is C15H14Br2FNO.